The van der Waals surface area contributed by atoms with Crippen LogP contribution < -0.4 is 10.0 Å². The SMILES string of the molecule is O=C(Nc1ccccc1)C(Cl)(Cl)SNc1cccc(Cl)c1. The van der Waals surface area contributed by atoms with E-state index in [4.69, 9.17) is 34.8 Å². The molecule has 2 aromatic rings. The van der Waals surface area contributed by atoms with Crippen LogP contribution in [0.2, 0.25) is 5.02 Å². The number of anilines is 2. The molecule has 1 amide bonds. The Morgan fingerprint density at radius 1 is 1.00 bits per heavy atom. The Bertz CT molecular complexity index is 623. The highest BCUT2D eigenvalue weighted by Crippen LogP contribution is 2.36. The third-order valence-electron chi connectivity index (χ3n) is 2.42. The lowest BCUT2D eigenvalue weighted by molar-refractivity contribution is -0.115. The first kappa shape index (κ1) is 16.3. The van der Waals surface area contributed by atoms with Crippen LogP contribution in [0.1, 0.15) is 0 Å². The van der Waals surface area contributed by atoms with Gasteiger partial charge in [0.2, 0.25) is 0 Å². The summed E-state index contributed by atoms with van der Waals surface area (Å²) in [6.45, 7) is 0. The number of benzene rings is 2. The third kappa shape index (κ3) is 5.00. The van der Waals surface area contributed by atoms with Crippen LogP contribution in [0, 0.1) is 0 Å². The predicted molar refractivity (Wildman–Crippen MR) is 92.2 cm³/mol. The van der Waals surface area contributed by atoms with Crippen molar-refractivity contribution in [2.75, 3.05) is 10.0 Å². The molecule has 0 saturated heterocycles. The fourth-order valence-electron chi connectivity index (χ4n) is 1.45. The second kappa shape index (κ2) is 7.27. The molecule has 21 heavy (non-hydrogen) atoms. The number of hydrogen-bond donors (Lipinski definition) is 2. The van der Waals surface area contributed by atoms with E-state index in [1.165, 1.54) is 0 Å². The van der Waals surface area contributed by atoms with Crippen LogP contribution in [0.25, 0.3) is 0 Å². The molecule has 0 aliphatic rings. The zero-order chi connectivity index (χ0) is 15.3. The first-order valence-electron chi connectivity index (χ1n) is 5.91. The largest absolute Gasteiger partial charge is 0.327 e. The highest BCUT2D eigenvalue weighted by Gasteiger charge is 2.35. The van der Waals surface area contributed by atoms with Gasteiger partial charge >= 0.3 is 0 Å². The maximum absolute atomic E-state index is 12.1. The molecule has 3 nitrogen and oxygen atoms in total. The minimum Gasteiger partial charge on any atom is -0.327 e. The zero-order valence-electron chi connectivity index (χ0n) is 10.6. The molecule has 0 heterocycles. The molecule has 0 radical (unpaired) electrons. The standard InChI is InChI=1S/C14H11Cl3N2OS/c15-10-5-4-8-12(9-10)19-21-14(16,17)13(20)18-11-6-2-1-3-7-11/h1-9,19H,(H,18,20). The minimum atomic E-state index is -1.68. The maximum Gasteiger partial charge on any atom is 0.273 e. The topological polar surface area (TPSA) is 41.1 Å². The molecular formula is C14H11Cl3N2OS. The van der Waals surface area contributed by atoms with Crippen molar-refractivity contribution < 1.29 is 4.79 Å². The van der Waals surface area contributed by atoms with Crippen LogP contribution in [0.4, 0.5) is 11.4 Å². The van der Waals surface area contributed by atoms with Crippen molar-refractivity contribution in [2.24, 2.45) is 0 Å². The van der Waals surface area contributed by atoms with Gasteiger partial charge in [0.25, 0.3) is 9.57 Å². The van der Waals surface area contributed by atoms with Crippen molar-refractivity contribution in [3.63, 3.8) is 0 Å². The van der Waals surface area contributed by atoms with Crippen LogP contribution >= 0.6 is 46.8 Å². The van der Waals surface area contributed by atoms with Gasteiger partial charge in [-0.15, -0.1) is 0 Å². The normalized spacial score (nSPS) is 11.0. The van der Waals surface area contributed by atoms with Gasteiger partial charge in [0.1, 0.15) is 0 Å². The Labute approximate surface area is 142 Å². The summed E-state index contributed by atoms with van der Waals surface area (Å²) in [4.78, 5) is 12.1. The molecule has 0 atom stereocenters. The molecule has 0 spiro atoms. The molecule has 7 heteroatoms. The smallest absolute Gasteiger partial charge is 0.273 e. The van der Waals surface area contributed by atoms with Crippen molar-refractivity contribution in [3.05, 3.63) is 59.6 Å². The second-order valence-electron chi connectivity index (χ2n) is 4.05. The summed E-state index contributed by atoms with van der Waals surface area (Å²) in [5.41, 5.74) is 1.32. The lowest BCUT2D eigenvalue weighted by Gasteiger charge is -2.19. The lowest BCUT2D eigenvalue weighted by atomic mass is 10.3. The monoisotopic (exact) mass is 360 g/mol. The Hall–Kier alpha value is -1.07. The van der Waals surface area contributed by atoms with E-state index in [0.717, 1.165) is 11.9 Å². The first-order valence-corrected chi connectivity index (χ1v) is 7.86. The van der Waals surface area contributed by atoms with E-state index in [-0.39, 0.29) is 0 Å². The van der Waals surface area contributed by atoms with E-state index >= 15 is 0 Å². The predicted octanol–water partition coefficient (Wildman–Crippen LogP) is 5.17. The average molecular weight is 362 g/mol. The van der Waals surface area contributed by atoms with Crippen LogP contribution in [0.5, 0.6) is 0 Å². The number of para-hydroxylation sites is 1. The Kier molecular flexibility index (Phi) is 5.65. The van der Waals surface area contributed by atoms with Gasteiger partial charge in [-0.1, -0.05) is 59.1 Å². The van der Waals surface area contributed by atoms with Gasteiger partial charge in [-0.25, -0.2) is 0 Å². The molecule has 2 rings (SSSR count). The Balaban J connectivity index is 1.96. The van der Waals surface area contributed by atoms with Gasteiger partial charge < -0.3 is 10.0 Å². The van der Waals surface area contributed by atoms with Crippen molar-refractivity contribution in [1.82, 2.24) is 0 Å². The van der Waals surface area contributed by atoms with Crippen molar-refractivity contribution in [1.29, 1.82) is 0 Å². The van der Waals surface area contributed by atoms with Gasteiger partial charge in [-0.3, -0.25) is 4.79 Å². The minimum absolute atomic E-state index is 0.531. The zero-order valence-corrected chi connectivity index (χ0v) is 13.7. The van der Waals surface area contributed by atoms with Crippen LogP contribution in [-0.4, -0.2) is 9.57 Å². The number of halogens is 3. The quantitative estimate of drug-likeness (QED) is 0.570. The fraction of sp³-hybridized carbons (Fsp3) is 0.0714. The third-order valence-corrected chi connectivity index (χ3v) is 4.24. The number of nitrogens with one attached hydrogen (secondary N) is 2. The van der Waals surface area contributed by atoms with Gasteiger partial charge in [-0.2, -0.15) is 0 Å². The van der Waals surface area contributed by atoms with Gasteiger partial charge in [0.05, 0.1) is 0 Å². The summed E-state index contributed by atoms with van der Waals surface area (Å²) >= 11 is 18.8. The summed E-state index contributed by atoms with van der Waals surface area (Å²) in [6.07, 6.45) is 0. The maximum atomic E-state index is 12.1. The van der Waals surface area contributed by atoms with E-state index in [1.807, 2.05) is 6.07 Å². The van der Waals surface area contributed by atoms with Gasteiger partial charge in [0.15, 0.2) is 0 Å². The molecule has 2 aromatic carbocycles. The molecule has 110 valence electrons. The van der Waals surface area contributed by atoms with Crippen molar-refractivity contribution in [2.45, 2.75) is 3.67 Å². The van der Waals surface area contributed by atoms with E-state index in [1.54, 1.807) is 48.5 Å². The number of hydrogen-bond acceptors (Lipinski definition) is 3. The highest BCUT2D eigenvalue weighted by molar-refractivity contribution is 8.05. The summed E-state index contributed by atoms with van der Waals surface area (Å²) in [5, 5.41) is 3.21. The molecule has 0 fully saturated rings. The molecule has 0 saturated carbocycles. The molecule has 0 aliphatic heterocycles. The van der Waals surface area contributed by atoms with Crippen LogP contribution in [0.3, 0.4) is 0 Å². The number of alkyl halides is 2. The molecule has 0 aliphatic carbocycles. The lowest BCUT2D eigenvalue weighted by Crippen LogP contribution is -2.30. The summed E-state index contributed by atoms with van der Waals surface area (Å²) in [7, 11) is 0. The van der Waals surface area contributed by atoms with E-state index in [0.29, 0.717) is 16.4 Å². The second-order valence-corrected chi connectivity index (χ2v) is 7.28. The van der Waals surface area contributed by atoms with Gasteiger partial charge in [0, 0.05) is 16.4 Å². The van der Waals surface area contributed by atoms with Crippen molar-refractivity contribution >= 4 is 64.0 Å². The number of amides is 1. The summed E-state index contributed by atoms with van der Waals surface area (Å²) in [5.74, 6) is -0.531. The average Bonchev–Trinajstić information content (AvgIpc) is 2.46. The molecule has 0 aromatic heterocycles. The van der Waals surface area contributed by atoms with E-state index in [9.17, 15) is 4.79 Å². The number of carbonyl (C=O) groups is 1. The Morgan fingerprint density at radius 2 is 1.67 bits per heavy atom. The van der Waals surface area contributed by atoms with Crippen LogP contribution in [-0.2, 0) is 4.79 Å². The first-order chi connectivity index (χ1) is 9.97. The molecule has 0 unspecified atom stereocenters. The number of carbonyl (C=O) groups excluding carboxylic acids is 1. The summed E-state index contributed by atoms with van der Waals surface area (Å²) in [6, 6.07) is 16.0. The van der Waals surface area contributed by atoms with Gasteiger partial charge in [-0.05, 0) is 42.3 Å². The Morgan fingerprint density at radius 3 is 2.33 bits per heavy atom. The van der Waals surface area contributed by atoms with E-state index in [2.05, 4.69) is 10.0 Å². The van der Waals surface area contributed by atoms with Crippen LogP contribution in [0.15, 0.2) is 54.6 Å². The molecular weight excluding hydrogens is 351 g/mol. The summed E-state index contributed by atoms with van der Waals surface area (Å²) < 4.78 is 1.22. The van der Waals surface area contributed by atoms with E-state index < -0.39 is 9.57 Å². The fourth-order valence-corrected chi connectivity index (χ4v) is 2.48. The molecule has 2 N–H and O–H groups in total. The molecule has 0 bridgehead atoms. The number of rotatable bonds is 5. The van der Waals surface area contributed by atoms with Crippen molar-refractivity contribution in [3.8, 4) is 0 Å². The highest BCUT2D eigenvalue weighted by atomic mass is 35.5.